The van der Waals surface area contributed by atoms with Crippen LogP contribution in [0, 0.1) is 5.82 Å². The number of nitrogens with two attached hydrogens (primary N) is 2. The lowest BCUT2D eigenvalue weighted by Crippen LogP contribution is -2.23. The molecule has 0 saturated carbocycles. The zero-order valence-electron chi connectivity index (χ0n) is 14.9. The van der Waals surface area contributed by atoms with Crippen LogP contribution in [0.3, 0.4) is 0 Å². The number of aliphatic imine (C=N–C) groups is 1. The first kappa shape index (κ1) is 21.3. The highest BCUT2D eigenvalue weighted by molar-refractivity contribution is 7.99. The lowest BCUT2D eigenvalue weighted by molar-refractivity contribution is 0.583. The van der Waals surface area contributed by atoms with Gasteiger partial charge in [-0.25, -0.2) is 9.37 Å². The SMILES string of the molecule is CC(S)(S)c1ncc(-c2ccc(CNCCCN=C(N)N)c(F)c2)c(=O)[nH]1. The van der Waals surface area contributed by atoms with Crippen molar-refractivity contribution in [2.24, 2.45) is 16.5 Å². The number of rotatable bonds is 8. The molecule has 0 spiro atoms. The highest BCUT2D eigenvalue weighted by Gasteiger charge is 2.20. The molecule has 2 aromatic rings. The molecule has 1 aromatic heterocycles. The van der Waals surface area contributed by atoms with E-state index in [2.05, 4.69) is 45.5 Å². The summed E-state index contributed by atoms with van der Waals surface area (Å²) in [5.74, 6) is -0.0200. The van der Waals surface area contributed by atoms with Crippen molar-refractivity contribution < 1.29 is 4.39 Å². The molecule has 0 bridgehead atoms. The second-order valence-corrected chi connectivity index (χ2v) is 8.28. The molecule has 0 atom stereocenters. The number of benzene rings is 1. The highest BCUT2D eigenvalue weighted by Crippen LogP contribution is 2.28. The minimum absolute atomic E-state index is 0.0579. The fourth-order valence-electron chi connectivity index (χ4n) is 2.33. The van der Waals surface area contributed by atoms with Crippen LogP contribution < -0.4 is 22.3 Å². The van der Waals surface area contributed by atoms with E-state index in [0.29, 0.717) is 36.6 Å². The van der Waals surface area contributed by atoms with Gasteiger partial charge in [-0.15, -0.1) is 0 Å². The summed E-state index contributed by atoms with van der Waals surface area (Å²) in [6, 6.07) is 4.65. The molecule has 27 heavy (non-hydrogen) atoms. The van der Waals surface area contributed by atoms with Crippen molar-refractivity contribution in [3.05, 3.63) is 52.0 Å². The molecular weight excluding hydrogens is 387 g/mol. The van der Waals surface area contributed by atoms with Crippen LogP contribution in [0.25, 0.3) is 11.1 Å². The van der Waals surface area contributed by atoms with Crippen molar-refractivity contribution >= 4 is 31.2 Å². The lowest BCUT2D eigenvalue weighted by Gasteiger charge is -2.15. The van der Waals surface area contributed by atoms with Gasteiger partial charge in [-0.05, 0) is 31.5 Å². The Kier molecular flexibility index (Phi) is 7.28. The number of nitrogens with zero attached hydrogens (tertiary/aromatic N) is 2. The number of halogens is 1. The molecule has 7 nitrogen and oxygen atoms in total. The van der Waals surface area contributed by atoms with Crippen molar-refractivity contribution in [2.75, 3.05) is 13.1 Å². The van der Waals surface area contributed by atoms with Gasteiger partial charge in [0.1, 0.15) is 15.7 Å². The number of H-pyrrole nitrogens is 1. The van der Waals surface area contributed by atoms with E-state index < -0.39 is 9.90 Å². The monoisotopic (exact) mass is 410 g/mol. The Morgan fingerprint density at radius 3 is 2.74 bits per heavy atom. The van der Waals surface area contributed by atoms with Gasteiger partial charge in [-0.1, -0.05) is 12.1 Å². The fourth-order valence-corrected chi connectivity index (χ4v) is 2.56. The normalized spacial score (nSPS) is 11.4. The first-order valence-electron chi connectivity index (χ1n) is 8.28. The van der Waals surface area contributed by atoms with E-state index in [0.717, 1.165) is 6.42 Å². The predicted molar refractivity (Wildman–Crippen MR) is 113 cm³/mol. The molecule has 0 aliphatic heterocycles. The van der Waals surface area contributed by atoms with Crippen LogP contribution >= 0.6 is 25.3 Å². The molecule has 146 valence electrons. The average Bonchev–Trinajstić information content (AvgIpc) is 2.58. The van der Waals surface area contributed by atoms with E-state index >= 15 is 0 Å². The summed E-state index contributed by atoms with van der Waals surface area (Å²) in [4.78, 5) is 22.9. The molecule has 0 amide bonds. The Bertz CT molecular complexity index is 874. The van der Waals surface area contributed by atoms with E-state index in [1.54, 1.807) is 19.1 Å². The van der Waals surface area contributed by atoms with E-state index in [1.807, 2.05) is 0 Å². The number of hydrogen-bond donors (Lipinski definition) is 6. The van der Waals surface area contributed by atoms with Crippen LogP contribution in [-0.2, 0) is 10.6 Å². The number of aromatic nitrogens is 2. The van der Waals surface area contributed by atoms with Crippen molar-refractivity contribution in [3.8, 4) is 11.1 Å². The van der Waals surface area contributed by atoms with Gasteiger partial charge in [0.25, 0.3) is 5.56 Å². The molecule has 10 heteroatoms. The standard InChI is InChI=1S/C17H23FN6OS2/c1-17(26,27)15-23-9-12(14(25)24-15)10-3-4-11(13(18)7-10)8-21-5-2-6-22-16(19)20/h3-4,7,9,21,26-27H,2,5-6,8H2,1H3,(H4,19,20,22)(H,23,24,25). The molecule has 1 heterocycles. The molecule has 0 saturated heterocycles. The van der Waals surface area contributed by atoms with Crippen molar-refractivity contribution in [2.45, 2.75) is 24.0 Å². The Hall–Kier alpha value is -2.04. The Balaban J connectivity index is 2.04. The highest BCUT2D eigenvalue weighted by atomic mass is 32.2. The minimum Gasteiger partial charge on any atom is -0.370 e. The van der Waals surface area contributed by atoms with E-state index in [1.165, 1.54) is 12.3 Å². The summed E-state index contributed by atoms with van der Waals surface area (Å²) in [5.41, 5.74) is 11.3. The van der Waals surface area contributed by atoms with Gasteiger partial charge in [-0.2, -0.15) is 25.3 Å². The van der Waals surface area contributed by atoms with Crippen LogP contribution in [-0.4, -0.2) is 29.0 Å². The molecule has 1 aromatic carbocycles. The fraction of sp³-hybridized carbons (Fsp3) is 0.353. The molecule has 0 unspecified atom stereocenters. The number of guanidine groups is 1. The first-order valence-corrected chi connectivity index (χ1v) is 9.17. The molecule has 0 fully saturated rings. The molecular formula is C17H23FN6OS2. The minimum atomic E-state index is -0.875. The van der Waals surface area contributed by atoms with E-state index in [-0.39, 0.29) is 17.1 Å². The van der Waals surface area contributed by atoms with Crippen LogP contribution in [0.5, 0.6) is 0 Å². The third kappa shape index (κ3) is 6.26. The summed E-state index contributed by atoms with van der Waals surface area (Å²) in [6.45, 7) is 3.21. The Morgan fingerprint density at radius 2 is 2.15 bits per heavy atom. The second-order valence-electron chi connectivity index (χ2n) is 6.14. The Labute approximate surface area is 167 Å². The molecule has 6 N–H and O–H groups in total. The van der Waals surface area contributed by atoms with Crippen LogP contribution in [0.1, 0.15) is 24.7 Å². The Morgan fingerprint density at radius 1 is 1.41 bits per heavy atom. The predicted octanol–water partition coefficient (Wildman–Crippen LogP) is 1.36. The molecule has 0 aliphatic rings. The number of thiol groups is 2. The third-order valence-electron chi connectivity index (χ3n) is 3.73. The van der Waals surface area contributed by atoms with Gasteiger partial charge in [0, 0.05) is 24.8 Å². The quantitative estimate of drug-likeness (QED) is 0.129. The maximum Gasteiger partial charge on any atom is 0.258 e. The van der Waals surface area contributed by atoms with Gasteiger partial charge in [-0.3, -0.25) is 9.79 Å². The summed E-state index contributed by atoms with van der Waals surface area (Å²) in [7, 11) is 0. The largest absolute Gasteiger partial charge is 0.370 e. The molecule has 2 rings (SSSR count). The van der Waals surface area contributed by atoms with Gasteiger partial charge < -0.3 is 21.8 Å². The second kappa shape index (κ2) is 9.25. The lowest BCUT2D eigenvalue weighted by atomic mass is 10.1. The van der Waals surface area contributed by atoms with E-state index in [9.17, 15) is 9.18 Å². The van der Waals surface area contributed by atoms with Gasteiger partial charge >= 0.3 is 0 Å². The number of nitrogens with one attached hydrogen (secondary N) is 2. The molecule has 0 radical (unpaired) electrons. The number of aromatic amines is 1. The topological polar surface area (TPSA) is 122 Å². The maximum absolute atomic E-state index is 14.4. The molecule has 0 aliphatic carbocycles. The van der Waals surface area contributed by atoms with Crippen molar-refractivity contribution in [3.63, 3.8) is 0 Å². The number of hydrogen-bond acceptors (Lipinski definition) is 6. The smallest absolute Gasteiger partial charge is 0.258 e. The third-order valence-corrected chi connectivity index (χ3v) is 4.16. The first-order chi connectivity index (χ1) is 12.7. The summed E-state index contributed by atoms with van der Waals surface area (Å²) in [6.07, 6.45) is 2.13. The van der Waals surface area contributed by atoms with Gasteiger partial charge in [0.2, 0.25) is 0 Å². The van der Waals surface area contributed by atoms with E-state index in [4.69, 9.17) is 11.5 Å². The zero-order valence-corrected chi connectivity index (χ0v) is 16.7. The van der Waals surface area contributed by atoms with Crippen LogP contribution in [0.15, 0.2) is 34.2 Å². The van der Waals surface area contributed by atoms with Gasteiger partial charge in [0.05, 0.1) is 5.56 Å². The summed E-state index contributed by atoms with van der Waals surface area (Å²) < 4.78 is 13.5. The zero-order chi connectivity index (χ0) is 20.0. The summed E-state index contributed by atoms with van der Waals surface area (Å²) in [5, 5.41) is 3.12. The average molecular weight is 411 g/mol. The van der Waals surface area contributed by atoms with Crippen molar-refractivity contribution in [1.29, 1.82) is 0 Å². The summed E-state index contributed by atoms with van der Waals surface area (Å²) >= 11 is 8.50. The van der Waals surface area contributed by atoms with Crippen LogP contribution in [0.4, 0.5) is 4.39 Å². The van der Waals surface area contributed by atoms with Crippen LogP contribution in [0.2, 0.25) is 0 Å². The maximum atomic E-state index is 14.4. The van der Waals surface area contributed by atoms with Crippen molar-refractivity contribution in [1.82, 2.24) is 15.3 Å². The van der Waals surface area contributed by atoms with Gasteiger partial charge in [0.15, 0.2) is 5.96 Å².